The van der Waals surface area contributed by atoms with Crippen LogP contribution < -0.4 is 5.32 Å². The van der Waals surface area contributed by atoms with Crippen LogP contribution in [0.5, 0.6) is 0 Å². The van der Waals surface area contributed by atoms with Gasteiger partial charge in [0.2, 0.25) is 0 Å². The number of ether oxygens (including phenoxy) is 1. The van der Waals surface area contributed by atoms with Crippen molar-refractivity contribution in [1.29, 1.82) is 0 Å². The van der Waals surface area contributed by atoms with E-state index in [1.807, 2.05) is 0 Å². The van der Waals surface area contributed by atoms with E-state index in [2.05, 4.69) is 17.1 Å². The van der Waals surface area contributed by atoms with E-state index in [1.54, 1.807) is 7.11 Å². The first-order valence-electron chi connectivity index (χ1n) is 6.32. The molecule has 3 heteroatoms. The molecule has 15 heavy (non-hydrogen) atoms. The van der Waals surface area contributed by atoms with Crippen molar-refractivity contribution in [3.05, 3.63) is 0 Å². The number of hydrogen-bond donors (Lipinski definition) is 1. The van der Waals surface area contributed by atoms with Crippen LogP contribution in [0, 0.1) is 0 Å². The Morgan fingerprint density at radius 3 is 2.93 bits per heavy atom. The Hall–Kier alpha value is -0.120. The Kier molecular flexibility index (Phi) is 6.98. The number of likely N-dealkylation sites (tertiary alicyclic amines) is 1. The Balaban J connectivity index is 2.07. The third-order valence-electron chi connectivity index (χ3n) is 3.28. The Morgan fingerprint density at radius 1 is 1.33 bits per heavy atom. The van der Waals surface area contributed by atoms with Gasteiger partial charge in [-0.25, -0.2) is 0 Å². The van der Waals surface area contributed by atoms with Crippen LogP contribution in [0.3, 0.4) is 0 Å². The molecule has 0 aromatic rings. The minimum atomic E-state index is 0.817. The van der Waals surface area contributed by atoms with Gasteiger partial charge in [0.05, 0.1) is 6.61 Å². The molecule has 0 aliphatic carbocycles. The SMILES string of the molecule is CCC1CCCCN1CCNCCOC. The lowest BCUT2D eigenvalue weighted by molar-refractivity contribution is 0.142. The fourth-order valence-electron chi connectivity index (χ4n) is 2.34. The van der Waals surface area contributed by atoms with Gasteiger partial charge in [0, 0.05) is 32.8 Å². The second-order valence-electron chi connectivity index (χ2n) is 4.34. The van der Waals surface area contributed by atoms with Crippen LogP contribution in [0.15, 0.2) is 0 Å². The standard InChI is InChI=1S/C12H26N2O/c1-3-12-6-4-5-9-14(12)10-7-13-8-11-15-2/h12-13H,3-11H2,1-2H3. The molecule has 1 fully saturated rings. The molecule has 3 nitrogen and oxygen atoms in total. The highest BCUT2D eigenvalue weighted by Gasteiger charge is 2.19. The predicted molar refractivity (Wildman–Crippen MR) is 64.2 cm³/mol. The third kappa shape index (κ3) is 4.96. The molecule has 1 heterocycles. The number of rotatable bonds is 7. The van der Waals surface area contributed by atoms with E-state index in [9.17, 15) is 0 Å². The Labute approximate surface area is 94.2 Å². The van der Waals surface area contributed by atoms with Gasteiger partial charge in [0.1, 0.15) is 0 Å². The molecule has 1 saturated heterocycles. The summed E-state index contributed by atoms with van der Waals surface area (Å²) in [4.78, 5) is 2.64. The van der Waals surface area contributed by atoms with Gasteiger partial charge in [-0.2, -0.15) is 0 Å². The van der Waals surface area contributed by atoms with Crippen molar-refractivity contribution in [1.82, 2.24) is 10.2 Å². The number of piperidine rings is 1. The van der Waals surface area contributed by atoms with Crippen LogP contribution >= 0.6 is 0 Å². The molecule has 0 aromatic carbocycles. The van der Waals surface area contributed by atoms with Gasteiger partial charge in [0.15, 0.2) is 0 Å². The first-order valence-corrected chi connectivity index (χ1v) is 6.32. The van der Waals surface area contributed by atoms with Gasteiger partial charge in [-0.3, -0.25) is 4.90 Å². The molecule has 0 spiro atoms. The zero-order valence-corrected chi connectivity index (χ0v) is 10.3. The fourth-order valence-corrected chi connectivity index (χ4v) is 2.34. The largest absolute Gasteiger partial charge is 0.383 e. The first-order chi connectivity index (χ1) is 7.38. The minimum Gasteiger partial charge on any atom is -0.383 e. The monoisotopic (exact) mass is 214 g/mol. The summed E-state index contributed by atoms with van der Waals surface area (Å²) in [6.45, 7) is 7.69. The molecule has 90 valence electrons. The summed E-state index contributed by atoms with van der Waals surface area (Å²) in [5, 5.41) is 3.41. The molecule has 0 aromatic heterocycles. The van der Waals surface area contributed by atoms with Crippen LogP contribution in [-0.2, 0) is 4.74 Å². The van der Waals surface area contributed by atoms with Gasteiger partial charge in [-0.1, -0.05) is 13.3 Å². The van der Waals surface area contributed by atoms with Gasteiger partial charge in [-0.15, -0.1) is 0 Å². The molecule has 0 saturated carbocycles. The molecule has 0 amide bonds. The van der Waals surface area contributed by atoms with E-state index >= 15 is 0 Å². The predicted octanol–water partition coefficient (Wildman–Crippen LogP) is 1.49. The lowest BCUT2D eigenvalue weighted by Crippen LogP contribution is -2.43. The quantitative estimate of drug-likeness (QED) is 0.650. The molecule has 1 aliphatic heterocycles. The minimum absolute atomic E-state index is 0.817. The molecule has 1 unspecified atom stereocenters. The molecular weight excluding hydrogens is 188 g/mol. The Morgan fingerprint density at radius 2 is 2.20 bits per heavy atom. The molecule has 0 bridgehead atoms. The molecule has 1 N–H and O–H groups in total. The topological polar surface area (TPSA) is 24.5 Å². The summed E-state index contributed by atoms with van der Waals surface area (Å²) in [6.07, 6.45) is 5.51. The molecule has 1 atom stereocenters. The van der Waals surface area contributed by atoms with E-state index in [0.29, 0.717) is 0 Å². The van der Waals surface area contributed by atoms with E-state index in [0.717, 1.165) is 25.7 Å². The second-order valence-corrected chi connectivity index (χ2v) is 4.34. The van der Waals surface area contributed by atoms with Gasteiger partial charge >= 0.3 is 0 Å². The third-order valence-corrected chi connectivity index (χ3v) is 3.28. The Bertz CT molecular complexity index is 153. The summed E-state index contributed by atoms with van der Waals surface area (Å²) in [7, 11) is 1.75. The zero-order valence-electron chi connectivity index (χ0n) is 10.3. The summed E-state index contributed by atoms with van der Waals surface area (Å²) in [6, 6.07) is 0.836. The summed E-state index contributed by atoms with van der Waals surface area (Å²) >= 11 is 0. The van der Waals surface area contributed by atoms with E-state index in [1.165, 1.54) is 38.8 Å². The van der Waals surface area contributed by atoms with Gasteiger partial charge in [0.25, 0.3) is 0 Å². The molecule has 1 aliphatic rings. The lowest BCUT2D eigenvalue weighted by Gasteiger charge is -2.35. The lowest BCUT2D eigenvalue weighted by atomic mass is 10.0. The van der Waals surface area contributed by atoms with Crippen molar-refractivity contribution in [2.24, 2.45) is 0 Å². The summed E-state index contributed by atoms with van der Waals surface area (Å²) < 4.78 is 5.00. The van der Waals surface area contributed by atoms with Crippen molar-refractivity contribution < 1.29 is 4.74 Å². The average molecular weight is 214 g/mol. The van der Waals surface area contributed by atoms with Crippen LogP contribution in [0.1, 0.15) is 32.6 Å². The fraction of sp³-hybridized carbons (Fsp3) is 1.00. The maximum atomic E-state index is 5.00. The number of nitrogens with zero attached hydrogens (tertiary/aromatic N) is 1. The first kappa shape index (κ1) is 12.9. The van der Waals surface area contributed by atoms with E-state index in [-0.39, 0.29) is 0 Å². The van der Waals surface area contributed by atoms with Crippen molar-refractivity contribution in [2.45, 2.75) is 38.6 Å². The van der Waals surface area contributed by atoms with Crippen LogP contribution in [0.2, 0.25) is 0 Å². The smallest absolute Gasteiger partial charge is 0.0587 e. The highest BCUT2D eigenvalue weighted by atomic mass is 16.5. The highest BCUT2D eigenvalue weighted by molar-refractivity contribution is 4.75. The van der Waals surface area contributed by atoms with Crippen molar-refractivity contribution >= 4 is 0 Å². The van der Waals surface area contributed by atoms with E-state index < -0.39 is 0 Å². The summed E-state index contributed by atoms with van der Waals surface area (Å²) in [5.41, 5.74) is 0. The maximum Gasteiger partial charge on any atom is 0.0587 e. The van der Waals surface area contributed by atoms with E-state index in [4.69, 9.17) is 4.74 Å². The number of methoxy groups -OCH3 is 1. The van der Waals surface area contributed by atoms with Crippen LogP contribution in [-0.4, -0.2) is 50.8 Å². The number of nitrogens with one attached hydrogen (secondary N) is 1. The second kappa shape index (κ2) is 8.08. The highest BCUT2D eigenvalue weighted by Crippen LogP contribution is 2.18. The molecular formula is C12H26N2O. The van der Waals surface area contributed by atoms with Crippen molar-refractivity contribution in [2.75, 3.05) is 39.9 Å². The molecule has 1 rings (SSSR count). The normalized spacial score (nSPS) is 23.2. The van der Waals surface area contributed by atoms with Crippen molar-refractivity contribution in [3.8, 4) is 0 Å². The molecule has 0 radical (unpaired) electrons. The summed E-state index contributed by atoms with van der Waals surface area (Å²) in [5.74, 6) is 0. The van der Waals surface area contributed by atoms with Crippen LogP contribution in [0.25, 0.3) is 0 Å². The maximum absolute atomic E-state index is 5.00. The number of hydrogen-bond acceptors (Lipinski definition) is 3. The van der Waals surface area contributed by atoms with Crippen molar-refractivity contribution in [3.63, 3.8) is 0 Å². The van der Waals surface area contributed by atoms with Gasteiger partial charge < -0.3 is 10.1 Å². The zero-order chi connectivity index (χ0) is 10.9. The average Bonchev–Trinajstić information content (AvgIpc) is 2.29. The van der Waals surface area contributed by atoms with Crippen LogP contribution in [0.4, 0.5) is 0 Å². The van der Waals surface area contributed by atoms with Gasteiger partial charge in [-0.05, 0) is 25.8 Å².